The lowest BCUT2D eigenvalue weighted by Gasteiger charge is -2.03. The van der Waals surface area contributed by atoms with Crippen molar-refractivity contribution in [3.8, 4) is 11.4 Å². The van der Waals surface area contributed by atoms with Crippen LogP contribution in [0, 0.1) is 12.7 Å². The van der Waals surface area contributed by atoms with E-state index in [1.54, 1.807) is 35.0 Å². The Labute approximate surface area is 103 Å². The Hall–Kier alpha value is -2.36. The molecular weight excluding hydrogens is 231 g/mol. The van der Waals surface area contributed by atoms with E-state index >= 15 is 0 Å². The molecule has 1 aromatic heterocycles. The van der Waals surface area contributed by atoms with E-state index in [0.717, 1.165) is 16.6 Å². The number of rotatable bonds is 1. The number of aromatic hydroxyl groups is 1. The van der Waals surface area contributed by atoms with E-state index in [4.69, 9.17) is 0 Å². The van der Waals surface area contributed by atoms with Gasteiger partial charge >= 0.3 is 0 Å². The van der Waals surface area contributed by atoms with Gasteiger partial charge in [0, 0.05) is 5.39 Å². The molecule has 0 atom stereocenters. The van der Waals surface area contributed by atoms with Crippen molar-refractivity contribution >= 4 is 10.9 Å². The van der Waals surface area contributed by atoms with Crippen LogP contribution in [0.25, 0.3) is 16.6 Å². The summed E-state index contributed by atoms with van der Waals surface area (Å²) in [5, 5.41) is 14.7. The van der Waals surface area contributed by atoms with Gasteiger partial charge < -0.3 is 5.11 Å². The van der Waals surface area contributed by atoms with Crippen molar-refractivity contribution in [1.29, 1.82) is 0 Å². The number of benzene rings is 2. The second kappa shape index (κ2) is 3.84. The summed E-state index contributed by atoms with van der Waals surface area (Å²) < 4.78 is 14.9. The molecule has 0 saturated heterocycles. The molecule has 0 aliphatic heterocycles. The zero-order valence-electron chi connectivity index (χ0n) is 9.76. The number of phenols is 1. The molecule has 3 aromatic rings. The average Bonchev–Trinajstić information content (AvgIpc) is 2.67. The molecule has 0 aliphatic carbocycles. The smallest absolute Gasteiger partial charge is 0.125 e. The summed E-state index contributed by atoms with van der Waals surface area (Å²) in [4.78, 5) is 0. The topological polar surface area (TPSA) is 38.0 Å². The number of hydrogen-bond acceptors (Lipinski definition) is 2. The first kappa shape index (κ1) is 10.8. The number of hydrogen-bond donors (Lipinski definition) is 1. The molecule has 1 N–H and O–H groups in total. The largest absolute Gasteiger partial charge is 0.508 e. The standard InChI is InChI=1S/C14H11FN2O/c1-9-13-8-12(18)5-6-14(13)17(16-9)11-4-2-3-10(15)7-11/h2-8,18H,1H3. The third-order valence-corrected chi connectivity index (χ3v) is 2.90. The van der Waals surface area contributed by atoms with Gasteiger partial charge in [0.05, 0.1) is 16.9 Å². The molecule has 1 heterocycles. The summed E-state index contributed by atoms with van der Waals surface area (Å²) in [5.74, 6) is -0.100. The lowest BCUT2D eigenvalue weighted by molar-refractivity contribution is 0.476. The van der Waals surface area contributed by atoms with Crippen LogP contribution in [0.3, 0.4) is 0 Å². The fourth-order valence-electron chi connectivity index (χ4n) is 2.06. The van der Waals surface area contributed by atoms with Crippen molar-refractivity contribution in [2.75, 3.05) is 0 Å². The number of halogens is 1. The van der Waals surface area contributed by atoms with Gasteiger partial charge in [0.15, 0.2) is 0 Å². The number of aromatic nitrogens is 2. The third kappa shape index (κ3) is 1.62. The van der Waals surface area contributed by atoms with Gasteiger partial charge in [0.2, 0.25) is 0 Å². The van der Waals surface area contributed by atoms with Crippen LogP contribution >= 0.6 is 0 Å². The molecule has 0 fully saturated rings. The van der Waals surface area contributed by atoms with Crippen molar-refractivity contribution in [1.82, 2.24) is 9.78 Å². The minimum absolute atomic E-state index is 0.199. The minimum atomic E-state index is -0.299. The lowest BCUT2D eigenvalue weighted by Crippen LogP contribution is -1.96. The van der Waals surface area contributed by atoms with Crippen molar-refractivity contribution in [3.05, 3.63) is 54.0 Å². The molecule has 3 rings (SSSR count). The van der Waals surface area contributed by atoms with Gasteiger partial charge in [-0.25, -0.2) is 9.07 Å². The molecule has 90 valence electrons. The molecule has 0 radical (unpaired) electrons. The average molecular weight is 242 g/mol. The summed E-state index contributed by atoms with van der Waals surface area (Å²) in [6.07, 6.45) is 0. The lowest BCUT2D eigenvalue weighted by atomic mass is 10.2. The Balaban J connectivity index is 2.30. The van der Waals surface area contributed by atoms with Crippen LogP contribution in [0.5, 0.6) is 5.75 Å². The van der Waals surface area contributed by atoms with Crippen LogP contribution in [-0.4, -0.2) is 14.9 Å². The van der Waals surface area contributed by atoms with Crippen LogP contribution < -0.4 is 0 Å². The number of aryl methyl sites for hydroxylation is 1. The highest BCUT2D eigenvalue weighted by atomic mass is 19.1. The summed E-state index contributed by atoms with van der Waals surface area (Å²) in [6, 6.07) is 11.3. The van der Waals surface area contributed by atoms with E-state index in [1.807, 2.05) is 6.92 Å². The van der Waals surface area contributed by atoms with E-state index in [-0.39, 0.29) is 11.6 Å². The van der Waals surface area contributed by atoms with Gasteiger partial charge in [-0.2, -0.15) is 5.10 Å². The van der Waals surface area contributed by atoms with E-state index in [0.29, 0.717) is 5.69 Å². The third-order valence-electron chi connectivity index (χ3n) is 2.90. The predicted octanol–water partition coefficient (Wildman–Crippen LogP) is 3.18. The van der Waals surface area contributed by atoms with E-state index in [9.17, 15) is 9.50 Å². The van der Waals surface area contributed by atoms with Crippen LogP contribution in [0.15, 0.2) is 42.5 Å². The summed E-state index contributed by atoms with van der Waals surface area (Å²) in [7, 11) is 0. The number of fused-ring (bicyclic) bond motifs is 1. The van der Waals surface area contributed by atoms with Crippen molar-refractivity contribution in [2.24, 2.45) is 0 Å². The molecule has 0 spiro atoms. The van der Waals surface area contributed by atoms with Gasteiger partial charge in [-0.3, -0.25) is 0 Å². The molecule has 0 saturated carbocycles. The predicted molar refractivity (Wildman–Crippen MR) is 67.4 cm³/mol. The van der Waals surface area contributed by atoms with Crippen LogP contribution in [0.1, 0.15) is 5.69 Å². The van der Waals surface area contributed by atoms with Crippen LogP contribution in [0.2, 0.25) is 0 Å². The van der Waals surface area contributed by atoms with Gasteiger partial charge in [-0.1, -0.05) is 6.07 Å². The normalized spacial score (nSPS) is 11.0. The molecule has 2 aromatic carbocycles. The summed E-state index contributed by atoms with van der Waals surface area (Å²) in [6.45, 7) is 1.86. The van der Waals surface area contributed by atoms with Crippen LogP contribution in [0.4, 0.5) is 4.39 Å². The first-order chi connectivity index (χ1) is 8.65. The van der Waals surface area contributed by atoms with Crippen molar-refractivity contribution < 1.29 is 9.50 Å². The highest BCUT2D eigenvalue weighted by molar-refractivity contribution is 5.84. The molecule has 3 nitrogen and oxygen atoms in total. The van der Waals surface area contributed by atoms with Crippen molar-refractivity contribution in [2.45, 2.75) is 6.92 Å². The number of nitrogens with zero attached hydrogens (tertiary/aromatic N) is 2. The minimum Gasteiger partial charge on any atom is -0.508 e. The van der Waals surface area contributed by atoms with E-state index < -0.39 is 0 Å². The molecule has 0 unspecified atom stereocenters. The Morgan fingerprint density at radius 1 is 1.17 bits per heavy atom. The molecule has 0 bridgehead atoms. The molecule has 0 aliphatic rings. The van der Waals surface area contributed by atoms with Gasteiger partial charge in [-0.05, 0) is 43.3 Å². The molecule has 4 heteroatoms. The monoisotopic (exact) mass is 242 g/mol. The Bertz CT molecular complexity index is 734. The highest BCUT2D eigenvalue weighted by Crippen LogP contribution is 2.25. The maximum Gasteiger partial charge on any atom is 0.125 e. The van der Waals surface area contributed by atoms with Crippen LogP contribution in [-0.2, 0) is 0 Å². The second-order valence-electron chi connectivity index (χ2n) is 4.18. The summed E-state index contributed by atoms with van der Waals surface area (Å²) >= 11 is 0. The Morgan fingerprint density at radius 2 is 2.00 bits per heavy atom. The zero-order valence-corrected chi connectivity index (χ0v) is 9.76. The van der Waals surface area contributed by atoms with E-state index in [2.05, 4.69) is 5.10 Å². The van der Waals surface area contributed by atoms with Gasteiger partial charge in [0.25, 0.3) is 0 Å². The maximum absolute atomic E-state index is 13.2. The fraction of sp³-hybridized carbons (Fsp3) is 0.0714. The molecule has 18 heavy (non-hydrogen) atoms. The van der Waals surface area contributed by atoms with Gasteiger partial charge in [-0.15, -0.1) is 0 Å². The van der Waals surface area contributed by atoms with Crippen molar-refractivity contribution in [3.63, 3.8) is 0 Å². The SMILES string of the molecule is Cc1nn(-c2cccc(F)c2)c2ccc(O)cc12. The maximum atomic E-state index is 13.2. The Morgan fingerprint density at radius 3 is 2.78 bits per heavy atom. The first-order valence-corrected chi connectivity index (χ1v) is 5.59. The molecule has 0 amide bonds. The molecular formula is C14H11FN2O. The Kier molecular flexibility index (Phi) is 2.30. The zero-order chi connectivity index (χ0) is 12.7. The first-order valence-electron chi connectivity index (χ1n) is 5.59. The van der Waals surface area contributed by atoms with Gasteiger partial charge in [0.1, 0.15) is 11.6 Å². The number of phenolic OH excluding ortho intramolecular Hbond substituents is 1. The fourth-order valence-corrected chi connectivity index (χ4v) is 2.06. The quantitative estimate of drug-likeness (QED) is 0.711. The summed E-state index contributed by atoms with van der Waals surface area (Å²) in [5.41, 5.74) is 2.31. The highest BCUT2D eigenvalue weighted by Gasteiger charge is 2.09. The van der Waals surface area contributed by atoms with E-state index in [1.165, 1.54) is 12.1 Å². The second-order valence-corrected chi connectivity index (χ2v) is 4.18.